The molecule has 0 spiro atoms. The van der Waals surface area contributed by atoms with Crippen molar-refractivity contribution in [2.75, 3.05) is 13.2 Å². The van der Waals surface area contributed by atoms with Crippen LogP contribution in [-0.2, 0) is 6.54 Å². The van der Waals surface area contributed by atoms with Crippen LogP contribution in [0.15, 0.2) is 42.6 Å². The summed E-state index contributed by atoms with van der Waals surface area (Å²) in [6.07, 6.45) is 1.21. The second-order valence-electron chi connectivity index (χ2n) is 5.19. The Balaban J connectivity index is 1.71. The van der Waals surface area contributed by atoms with Gasteiger partial charge >= 0.3 is 0 Å². The third-order valence-corrected chi connectivity index (χ3v) is 3.17. The molecule has 0 saturated carbocycles. The predicted octanol–water partition coefficient (Wildman–Crippen LogP) is 2.23. The average Bonchev–Trinajstić information content (AvgIpc) is 2.47. The maximum absolute atomic E-state index is 9.93. The standard InChI is InChI=1S/C17H22N2O2/c1-13-6-7-17(14(2)9-13)21-12-16(20)11-18-10-15-5-3-4-8-19-15/h3-9,16,18,20H,10-12H2,1-2H3. The van der Waals surface area contributed by atoms with Gasteiger partial charge in [0.1, 0.15) is 18.5 Å². The lowest BCUT2D eigenvalue weighted by atomic mass is 10.1. The maximum atomic E-state index is 9.93. The van der Waals surface area contributed by atoms with Crippen molar-refractivity contribution in [3.05, 3.63) is 59.4 Å². The molecular weight excluding hydrogens is 264 g/mol. The number of ether oxygens (including phenoxy) is 1. The van der Waals surface area contributed by atoms with Crippen molar-refractivity contribution in [3.63, 3.8) is 0 Å². The Hall–Kier alpha value is -1.91. The quantitative estimate of drug-likeness (QED) is 0.819. The van der Waals surface area contributed by atoms with Gasteiger partial charge in [-0.1, -0.05) is 23.8 Å². The SMILES string of the molecule is Cc1ccc(OCC(O)CNCc2ccccn2)c(C)c1. The van der Waals surface area contributed by atoms with Crippen molar-refractivity contribution in [1.82, 2.24) is 10.3 Å². The molecule has 0 saturated heterocycles. The molecule has 1 atom stereocenters. The Morgan fingerprint density at radius 3 is 2.81 bits per heavy atom. The van der Waals surface area contributed by atoms with Crippen LogP contribution < -0.4 is 10.1 Å². The summed E-state index contributed by atoms with van der Waals surface area (Å²) in [6, 6.07) is 11.8. The van der Waals surface area contributed by atoms with Gasteiger partial charge in [0, 0.05) is 19.3 Å². The molecule has 0 aliphatic heterocycles. The molecule has 1 aromatic heterocycles. The number of aliphatic hydroxyl groups excluding tert-OH is 1. The number of nitrogens with one attached hydrogen (secondary N) is 1. The third-order valence-electron chi connectivity index (χ3n) is 3.17. The molecule has 1 unspecified atom stereocenters. The normalized spacial score (nSPS) is 12.1. The summed E-state index contributed by atoms with van der Waals surface area (Å²) in [5.41, 5.74) is 3.25. The highest BCUT2D eigenvalue weighted by Gasteiger charge is 2.06. The summed E-state index contributed by atoms with van der Waals surface area (Å²) < 4.78 is 5.65. The van der Waals surface area contributed by atoms with E-state index in [1.165, 1.54) is 5.56 Å². The molecule has 0 bridgehead atoms. The highest BCUT2D eigenvalue weighted by molar-refractivity contribution is 5.35. The van der Waals surface area contributed by atoms with Crippen LogP contribution in [0, 0.1) is 13.8 Å². The van der Waals surface area contributed by atoms with Crippen LogP contribution in [0.25, 0.3) is 0 Å². The minimum absolute atomic E-state index is 0.277. The first-order valence-corrected chi connectivity index (χ1v) is 7.14. The lowest BCUT2D eigenvalue weighted by Crippen LogP contribution is -2.31. The molecule has 2 aromatic rings. The van der Waals surface area contributed by atoms with Gasteiger partial charge in [-0.05, 0) is 37.6 Å². The molecule has 0 aliphatic rings. The Kier molecular flexibility index (Phi) is 5.72. The first-order chi connectivity index (χ1) is 10.1. The zero-order chi connectivity index (χ0) is 15.1. The molecule has 4 heteroatoms. The number of rotatable bonds is 7. The van der Waals surface area contributed by atoms with E-state index in [4.69, 9.17) is 4.74 Å². The van der Waals surface area contributed by atoms with Gasteiger partial charge in [-0.2, -0.15) is 0 Å². The van der Waals surface area contributed by atoms with Crippen molar-refractivity contribution in [3.8, 4) is 5.75 Å². The van der Waals surface area contributed by atoms with Gasteiger partial charge in [-0.3, -0.25) is 4.98 Å². The first-order valence-electron chi connectivity index (χ1n) is 7.14. The van der Waals surface area contributed by atoms with Crippen molar-refractivity contribution in [2.24, 2.45) is 0 Å². The lowest BCUT2D eigenvalue weighted by molar-refractivity contribution is 0.106. The monoisotopic (exact) mass is 286 g/mol. The van der Waals surface area contributed by atoms with E-state index >= 15 is 0 Å². The van der Waals surface area contributed by atoms with E-state index in [9.17, 15) is 5.11 Å². The molecule has 4 nitrogen and oxygen atoms in total. The van der Waals surface area contributed by atoms with Crippen LogP contribution in [0.1, 0.15) is 16.8 Å². The lowest BCUT2D eigenvalue weighted by Gasteiger charge is -2.14. The molecule has 0 amide bonds. The number of benzene rings is 1. The zero-order valence-corrected chi connectivity index (χ0v) is 12.5. The minimum atomic E-state index is -0.547. The fraction of sp³-hybridized carbons (Fsp3) is 0.353. The van der Waals surface area contributed by atoms with E-state index in [1.807, 2.05) is 44.2 Å². The molecular formula is C17H22N2O2. The van der Waals surface area contributed by atoms with E-state index in [1.54, 1.807) is 6.20 Å². The highest BCUT2D eigenvalue weighted by atomic mass is 16.5. The van der Waals surface area contributed by atoms with Gasteiger partial charge in [-0.15, -0.1) is 0 Å². The molecule has 2 rings (SSSR count). The first kappa shape index (κ1) is 15.5. The van der Waals surface area contributed by atoms with Gasteiger partial charge in [0.25, 0.3) is 0 Å². The smallest absolute Gasteiger partial charge is 0.122 e. The van der Waals surface area contributed by atoms with E-state index in [0.29, 0.717) is 13.1 Å². The van der Waals surface area contributed by atoms with Crippen LogP contribution in [0.2, 0.25) is 0 Å². The van der Waals surface area contributed by atoms with Gasteiger partial charge in [0.2, 0.25) is 0 Å². The Labute approximate surface area is 125 Å². The molecule has 21 heavy (non-hydrogen) atoms. The largest absolute Gasteiger partial charge is 0.491 e. The van der Waals surface area contributed by atoms with Gasteiger partial charge < -0.3 is 15.2 Å². The van der Waals surface area contributed by atoms with Crippen LogP contribution in [0.5, 0.6) is 5.75 Å². The second kappa shape index (κ2) is 7.76. The number of pyridine rings is 1. The Morgan fingerprint density at radius 2 is 2.10 bits per heavy atom. The van der Waals surface area contributed by atoms with Gasteiger partial charge in [0.05, 0.1) is 5.69 Å². The molecule has 0 radical (unpaired) electrons. The van der Waals surface area contributed by atoms with E-state index in [-0.39, 0.29) is 6.61 Å². The summed E-state index contributed by atoms with van der Waals surface area (Å²) in [5.74, 6) is 0.823. The molecule has 0 aliphatic carbocycles. The number of nitrogens with zero attached hydrogens (tertiary/aromatic N) is 1. The molecule has 2 N–H and O–H groups in total. The van der Waals surface area contributed by atoms with Crippen LogP contribution in [0.3, 0.4) is 0 Å². The summed E-state index contributed by atoms with van der Waals surface area (Å²) in [4.78, 5) is 4.21. The van der Waals surface area contributed by atoms with E-state index in [2.05, 4.69) is 16.4 Å². The van der Waals surface area contributed by atoms with Crippen molar-refractivity contribution >= 4 is 0 Å². The second-order valence-corrected chi connectivity index (χ2v) is 5.19. The number of aliphatic hydroxyl groups is 1. The van der Waals surface area contributed by atoms with E-state index in [0.717, 1.165) is 17.0 Å². The molecule has 0 fully saturated rings. The van der Waals surface area contributed by atoms with Gasteiger partial charge in [0.15, 0.2) is 0 Å². The molecule has 112 valence electrons. The van der Waals surface area contributed by atoms with Crippen molar-refractivity contribution < 1.29 is 9.84 Å². The van der Waals surface area contributed by atoms with Crippen LogP contribution >= 0.6 is 0 Å². The molecule has 1 aromatic carbocycles. The topological polar surface area (TPSA) is 54.4 Å². The number of aromatic nitrogens is 1. The number of aryl methyl sites for hydroxylation is 2. The summed E-state index contributed by atoms with van der Waals surface area (Å²) in [6.45, 7) is 5.45. The zero-order valence-electron chi connectivity index (χ0n) is 12.5. The summed E-state index contributed by atoms with van der Waals surface area (Å²) >= 11 is 0. The average molecular weight is 286 g/mol. The minimum Gasteiger partial charge on any atom is -0.491 e. The third kappa shape index (κ3) is 5.17. The fourth-order valence-corrected chi connectivity index (χ4v) is 2.08. The highest BCUT2D eigenvalue weighted by Crippen LogP contribution is 2.18. The Morgan fingerprint density at radius 1 is 1.24 bits per heavy atom. The predicted molar refractivity (Wildman–Crippen MR) is 83.4 cm³/mol. The number of hydrogen-bond acceptors (Lipinski definition) is 4. The summed E-state index contributed by atoms with van der Waals surface area (Å²) in [7, 11) is 0. The molecule has 1 heterocycles. The van der Waals surface area contributed by atoms with E-state index < -0.39 is 6.10 Å². The van der Waals surface area contributed by atoms with Crippen LogP contribution in [-0.4, -0.2) is 29.3 Å². The fourth-order valence-electron chi connectivity index (χ4n) is 2.08. The maximum Gasteiger partial charge on any atom is 0.122 e. The van der Waals surface area contributed by atoms with Crippen molar-refractivity contribution in [2.45, 2.75) is 26.5 Å². The summed E-state index contributed by atoms with van der Waals surface area (Å²) in [5, 5.41) is 13.1. The van der Waals surface area contributed by atoms with Crippen LogP contribution in [0.4, 0.5) is 0 Å². The Bertz CT molecular complexity index is 558. The van der Waals surface area contributed by atoms with Gasteiger partial charge in [-0.25, -0.2) is 0 Å². The number of hydrogen-bond donors (Lipinski definition) is 2. The van der Waals surface area contributed by atoms with Crippen molar-refractivity contribution in [1.29, 1.82) is 0 Å².